The summed E-state index contributed by atoms with van der Waals surface area (Å²) in [5.41, 5.74) is 0.812. The lowest BCUT2D eigenvalue weighted by Crippen LogP contribution is -2.46. The van der Waals surface area contributed by atoms with E-state index in [0.29, 0.717) is 16.6 Å². The second-order valence-corrected chi connectivity index (χ2v) is 11.1. The van der Waals surface area contributed by atoms with Crippen molar-refractivity contribution < 1.29 is 17.9 Å². The van der Waals surface area contributed by atoms with E-state index in [1.54, 1.807) is 41.8 Å². The Bertz CT molecular complexity index is 1590. The van der Waals surface area contributed by atoms with Crippen LogP contribution in [0.2, 0.25) is 5.02 Å². The van der Waals surface area contributed by atoms with Gasteiger partial charge in [-0.15, -0.1) is 5.10 Å². The Hall–Kier alpha value is -3.32. The average Bonchev–Trinajstić information content (AvgIpc) is 3.31. The number of aromatic nitrogens is 4. The predicted molar refractivity (Wildman–Crippen MR) is 150 cm³/mol. The second kappa shape index (κ2) is 12.2. The number of benzene rings is 2. The highest BCUT2D eigenvalue weighted by Crippen LogP contribution is 2.22. The molecule has 2 heterocycles. The van der Waals surface area contributed by atoms with Crippen LogP contribution >= 0.6 is 11.6 Å². The number of carbonyl (C=O) groups excluding carboxylic acids is 1. The van der Waals surface area contributed by atoms with Gasteiger partial charge in [0.05, 0.1) is 18.0 Å². The molecule has 4 rings (SSSR count). The molecule has 11 nitrogen and oxygen atoms in total. The number of halogens is 1. The lowest BCUT2D eigenvalue weighted by Gasteiger charge is -2.21. The van der Waals surface area contributed by atoms with Gasteiger partial charge in [-0.1, -0.05) is 23.7 Å². The van der Waals surface area contributed by atoms with Crippen LogP contribution < -0.4 is 14.9 Å². The van der Waals surface area contributed by atoms with E-state index in [1.807, 2.05) is 13.0 Å². The first kappa shape index (κ1) is 28.7. The number of hydrogen-bond donors (Lipinski definition) is 2. The SMILES string of the molecule is CCOC(=O)C(CNS(=O)(=O)c1ccc2cc(Cl)ccc2c1)NCc1nc2nc(C)cc(N(CC)CC)n2n1. The van der Waals surface area contributed by atoms with Gasteiger partial charge >= 0.3 is 5.97 Å². The summed E-state index contributed by atoms with van der Waals surface area (Å²) in [6.45, 7) is 9.31. The first-order chi connectivity index (χ1) is 18.6. The smallest absolute Gasteiger partial charge is 0.324 e. The van der Waals surface area contributed by atoms with Crippen LogP contribution in [0.5, 0.6) is 0 Å². The van der Waals surface area contributed by atoms with E-state index in [-0.39, 0.29) is 24.6 Å². The number of fused-ring (bicyclic) bond motifs is 2. The number of hydrogen-bond acceptors (Lipinski definition) is 9. The van der Waals surface area contributed by atoms with Gasteiger partial charge in [0.15, 0.2) is 5.82 Å². The summed E-state index contributed by atoms with van der Waals surface area (Å²) in [5.74, 6) is 1.13. The predicted octanol–water partition coefficient (Wildman–Crippen LogP) is 3.09. The van der Waals surface area contributed by atoms with Crippen LogP contribution in [0.3, 0.4) is 0 Å². The van der Waals surface area contributed by atoms with Crippen LogP contribution in [0.4, 0.5) is 5.82 Å². The maximum atomic E-state index is 13.1. The molecule has 0 radical (unpaired) electrons. The van der Waals surface area contributed by atoms with Crippen molar-refractivity contribution in [2.45, 2.75) is 45.2 Å². The van der Waals surface area contributed by atoms with Crippen LogP contribution in [0, 0.1) is 6.92 Å². The second-order valence-electron chi connectivity index (χ2n) is 8.86. The average molecular weight is 574 g/mol. The summed E-state index contributed by atoms with van der Waals surface area (Å²) in [7, 11) is -3.92. The van der Waals surface area contributed by atoms with E-state index < -0.39 is 22.0 Å². The Labute approximate surface area is 232 Å². The lowest BCUT2D eigenvalue weighted by atomic mass is 10.1. The third-order valence-corrected chi connectivity index (χ3v) is 7.85. The third-order valence-electron chi connectivity index (χ3n) is 6.19. The highest BCUT2D eigenvalue weighted by molar-refractivity contribution is 7.89. The Morgan fingerprint density at radius 3 is 2.51 bits per heavy atom. The number of rotatable bonds is 12. The first-order valence-electron chi connectivity index (χ1n) is 12.7. The molecular weight excluding hydrogens is 542 g/mol. The quantitative estimate of drug-likeness (QED) is 0.245. The molecule has 208 valence electrons. The topological polar surface area (TPSA) is 131 Å². The molecular formula is C26H32ClN7O4S. The van der Waals surface area contributed by atoms with Crippen molar-refractivity contribution in [2.75, 3.05) is 31.1 Å². The summed E-state index contributed by atoms with van der Waals surface area (Å²) in [4.78, 5) is 23.9. The zero-order chi connectivity index (χ0) is 28.2. The van der Waals surface area contributed by atoms with E-state index in [0.717, 1.165) is 35.4 Å². The molecule has 2 aromatic carbocycles. The van der Waals surface area contributed by atoms with E-state index in [1.165, 1.54) is 6.07 Å². The molecule has 2 N–H and O–H groups in total. The normalized spacial score (nSPS) is 12.6. The van der Waals surface area contributed by atoms with Crippen molar-refractivity contribution in [1.29, 1.82) is 0 Å². The van der Waals surface area contributed by atoms with Crippen molar-refractivity contribution in [1.82, 2.24) is 29.6 Å². The molecule has 39 heavy (non-hydrogen) atoms. The first-order valence-corrected chi connectivity index (χ1v) is 14.6. The number of sulfonamides is 1. The molecule has 0 saturated carbocycles. The number of esters is 1. The van der Waals surface area contributed by atoms with Gasteiger partial charge in [0.25, 0.3) is 5.78 Å². The minimum Gasteiger partial charge on any atom is -0.465 e. The zero-order valence-electron chi connectivity index (χ0n) is 22.3. The molecule has 0 fully saturated rings. The van der Waals surface area contributed by atoms with Crippen molar-refractivity contribution in [3.63, 3.8) is 0 Å². The van der Waals surface area contributed by atoms with Gasteiger partial charge in [0, 0.05) is 36.4 Å². The summed E-state index contributed by atoms with van der Waals surface area (Å²) in [6, 6.07) is 10.9. The Balaban J connectivity index is 1.51. The number of anilines is 1. The minimum absolute atomic E-state index is 0.0762. The fraction of sp³-hybridized carbons (Fsp3) is 0.385. The van der Waals surface area contributed by atoms with Crippen molar-refractivity contribution in [3.8, 4) is 0 Å². The Morgan fingerprint density at radius 1 is 1.08 bits per heavy atom. The van der Waals surface area contributed by atoms with Gasteiger partial charge in [0.2, 0.25) is 10.0 Å². The van der Waals surface area contributed by atoms with Crippen LogP contribution in [-0.2, 0) is 26.1 Å². The van der Waals surface area contributed by atoms with Crippen LogP contribution in [-0.4, -0.2) is 66.3 Å². The molecule has 0 saturated heterocycles. The number of nitrogens with zero attached hydrogens (tertiary/aromatic N) is 5. The molecule has 0 spiro atoms. The Morgan fingerprint density at radius 2 is 1.79 bits per heavy atom. The van der Waals surface area contributed by atoms with Crippen molar-refractivity contribution >= 4 is 50.0 Å². The van der Waals surface area contributed by atoms with Crippen molar-refractivity contribution in [2.24, 2.45) is 0 Å². The summed E-state index contributed by atoms with van der Waals surface area (Å²) >= 11 is 6.03. The molecule has 1 unspecified atom stereocenters. The van der Waals surface area contributed by atoms with Gasteiger partial charge in [-0.3, -0.25) is 10.1 Å². The molecule has 0 bridgehead atoms. The van der Waals surface area contributed by atoms with Gasteiger partial charge in [-0.25, -0.2) is 18.1 Å². The van der Waals surface area contributed by atoms with Crippen LogP contribution in [0.25, 0.3) is 16.6 Å². The highest BCUT2D eigenvalue weighted by atomic mass is 35.5. The maximum Gasteiger partial charge on any atom is 0.324 e. The molecule has 0 aliphatic carbocycles. The largest absolute Gasteiger partial charge is 0.465 e. The summed E-state index contributed by atoms with van der Waals surface area (Å²) in [5, 5.41) is 9.73. The standard InChI is InChI=1S/C26H32ClN7O4S/c1-5-33(6-2)24-12-17(4)30-26-31-23(32-34(24)26)16-28-22(25(35)38-7-3)15-29-39(36,37)21-11-9-18-13-20(27)10-8-19(18)14-21/h8-14,22,28-29H,5-7,15-16H2,1-4H3. The van der Waals surface area contributed by atoms with Crippen LogP contribution in [0.1, 0.15) is 32.3 Å². The molecule has 1 atom stereocenters. The van der Waals surface area contributed by atoms with Gasteiger partial charge in [-0.2, -0.15) is 9.50 Å². The molecule has 0 aliphatic rings. The molecule has 2 aromatic heterocycles. The van der Waals surface area contributed by atoms with E-state index >= 15 is 0 Å². The molecule has 13 heteroatoms. The minimum atomic E-state index is -3.92. The third kappa shape index (κ3) is 6.64. The highest BCUT2D eigenvalue weighted by Gasteiger charge is 2.24. The van der Waals surface area contributed by atoms with Gasteiger partial charge in [0.1, 0.15) is 11.9 Å². The van der Waals surface area contributed by atoms with Crippen molar-refractivity contribution in [3.05, 3.63) is 59.0 Å². The van der Waals surface area contributed by atoms with Crippen LogP contribution in [0.15, 0.2) is 47.4 Å². The lowest BCUT2D eigenvalue weighted by molar-refractivity contribution is -0.145. The maximum absolute atomic E-state index is 13.1. The summed E-state index contributed by atoms with van der Waals surface area (Å²) in [6.07, 6.45) is 0. The number of nitrogens with one attached hydrogen (secondary N) is 2. The van der Waals surface area contributed by atoms with E-state index in [9.17, 15) is 13.2 Å². The number of aryl methyl sites for hydroxylation is 1. The molecule has 0 amide bonds. The Kier molecular flexibility index (Phi) is 9.01. The zero-order valence-corrected chi connectivity index (χ0v) is 23.9. The van der Waals surface area contributed by atoms with E-state index in [2.05, 4.69) is 43.9 Å². The van der Waals surface area contributed by atoms with E-state index in [4.69, 9.17) is 16.3 Å². The molecule has 0 aliphatic heterocycles. The fourth-order valence-electron chi connectivity index (χ4n) is 4.19. The number of ether oxygens (including phenoxy) is 1. The number of carbonyl (C=O) groups is 1. The molecule has 4 aromatic rings. The summed E-state index contributed by atoms with van der Waals surface area (Å²) < 4.78 is 35.5. The fourth-order valence-corrected chi connectivity index (χ4v) is 5.45. The monoisotopic (exact) mass is 573 g/mol. The van der Waals surface area contributed by atoms with Gasteiger partial charge < -0.3 is 9.64 Å². The van der Waals surface area contributed by atoms with Gasteiger partial charge in [-0.05, 0) is 62.7 Å².